The predicted molar refractivity (Wildman–Crippen MR) is 122 cm³/mol. The van der Waals surface area contributed by atoms with Gasteiger partial charge in [-0.15, -0.1) is 0 Å². The zero-order valence-electron chi connectivity index (χ0n) is 17.8. The highest BCUT2D eigenvalue weighted by molar-refractivity contribution is 6.31. The predicted octanol–water partition coefficient (Wildman–Crippen LogP) is 2.05. The number of anilines is 1. The highest BCUT2D eigenvalue weighted by atomic mass is 35.5. The third kappa shape index (κ3) is 5.95. The number of hydrogen-bond acceptors (Lipinski definition) is 6. The summed E-state index contributed by atoms with van der Waals surface area (Å²) >= 11 is 6.48. The van der Waals surface area contributed by atoms with Crippen LogP contribution in [-0.4, -0.2) is 86.3 Å². The number of carbonyl (C=O) groups excluding carboxylic acids is 1. The number of rotatable bonds is 7. The topological polar surface area (TPSA) is 60.9 Å². The van der Waals surface area contributed by atoms with Crippen molar-refractivity contribution in [3.63, 3.8) is 0 Å². The molecule has 31 heavy (non-hydrogen) atoms. The van der Waals surface area contributed by atoms with Crippen LogP contribution in [0.4, 0.5) is 5.82 Å². The van der Waals surface area contributed by atoms with Gasteiger partial charge in [-0.3, -0.25) is 14.6 Å². The lowest BCUT2D eigenvalue weighted by Gasteiger charge is -2.36. The highest BCUT2D eigenvalue weighted by Crippen LogP contribution is 2.27. The number of carbonyl (C=O) groups is 1. The van der Waals surface area contributed by atoms with Crippen LogP contribution in [0.15, 0.2) is 48.7 Å². The lowest BCUT2D eigenvalue weighted by atomic mass is 10.0. The Labute approximate surface area is 188 Å². The SMILES string of the molecule is O=C(CN1CCN(c2ccccn2)CC1)NCC(c1ccccc1Cl)N1CCOCC1. The van der Waals surface area contributed by atoms with Crippen molar-refractivity contribution in [1.29, 1.82) is 0 Å². The van der Waals surface area contributed by atoms with E-state index in [0.29, 0.717) is 26.3 Å². The van der Waals surface area contributed by atoms with Crippen molar-refractivity contribution in [3.05, 3.63) is 59.2 Å². The molecule has 1 aromatic heterocycles. The number of hydrogen-bond donors (Lipinski definition) is 1. The molecule has 3 heterocycles. The van der Waals surface area contributed by atoms with Crippen LogP contribution in [0.25, 0.3) is 0 Å². The summed E-state index contributed by atoms with van der Waals surface area (Å²) in [4.78, 5) is 23.9. The van der Waals surface area contributed by atoms with Crippen LogP contribution in [0.1, 0.15) is 11.6 Å². The fourth-order valence-corrected chi connectivity index (χ4v) is 4.48. The lowest BCUT2D eigenvalue weighted by Crippen LogP contribution is -2.50. The molecule has 166 valence electrons. The van der Waals surface area contributed by atoms with Gasteiger partial charge in [0.15, 0.2) is 0 Å². The number of aromatic nitrogens is 1. The van der Waals surface area contributed by atoms with E-state index in [9.17, 15) is 4.79 Å². The largest absolute Gasteiger partial charge is 0.379 e. The second-order valence-electron chi connectivity index (χ2n) is 7.94. The van der Waals surface area contributed by atoms with Crippen LogP contribution < -0.4 is 10.2 Å². The molecule has 1 atom stereocenters. The second kappa shape index (κ2) is 10.9. The first-order chi connectivity index (χ1) is 15.2. The Kier molecular flexibility index (Phi) is 7.75. The Hall–Kier alpha value is -2.19. The van der Waals surface area contributed by atoms with Gasteiger partial charge < -0.3 is 15.0 Å². The van der Waals surface area contributed by atoms with Gasteiger partial charge in [-0.05, 0) is 23.8 Å². The Balaban J connectivity index is 1.29. The molecule has 0 bridgehead atoms. The smallest absolute Gasteiger partial charge is 0.234 e. The molecule has 7 nitrogen and oxygen atoms in total. The zero-order chi connectivity index (χ0) is 21.5. The van der Waals surface area contributed by atoms with E-state index >= 15 is 0 Å². The fraction of sp³-hybridized carbons (Fsp3) is 0.478. The van der Waals surface area contributed by atoms with Crippen LogP contribution >= 0.6 is 11.6 Å². The van der Waals surface area contributed by atoms with Crippen LogP contribution in [0.5, 0.6) is 0 Å². The number of nitrogens with one attached hydrogen (secondary N) is 1. The number of benzene rings is 1. The van der Waals surface area contributed by atoms with Gasteiger partial charge in [-0.25, -0.2) is 4.98 Å². The van der Waals surface area contributed by atoms with Crippen LogP contribution in [0, 0.1) is 0 Å². The fourth-order valence-electron chi connectivity index (χ4n) is 4.22. The van der Waals surface area contributed by atoms with Crippen molar-refractivity contribution < 1.29 is 9.53 Å². The second-order valence-corrected chi connectivity index (χ2v) is 8.35. The first-order valence-corrected chi connectivity index (χ1v) is 11.3. The van der Waals surface area contributed by atoms with Gasteiger partial charge in [0.25, 0.3) is 0 Å². The maximum absolute atomic E-state index is 12.7. The summed E-state index contributed by atoms with van der Waals surface area (Å²) in [5.74, 6) is 1.05. The molecule has 0 aliphatic carbocycles. The Morgan fingerprint density at radius 2 is 1.77 bits per heavy atom. The van der Waals surface area contributed by atoms with E-state index in [1.54, 1.807) is 0 Å². The Morgan fingerprint density at radius 3 is 2.48 bits per heavy atom. The number of nitrogens with zero attached hydrogens (tertiary/aromatic N) is 4. The number of piperazine rings is 1. The molecule has 1 unspecified atom stereocenters. The summed E-state index contributed by atoms with van der Waals surface area (Å²) in [5, 5.41) is 3.88. The van der Waals surface area contributed by atoms with Crippen LogP contribution in [-0.2, 0) is 9.53 Å². The van der Waals surface area contributed by atoms with E-state index in [-0.39, 0.29) is 11.9 Å². The number of morpholine rings is 1. The summed E-state index contributed by atoms with van der Waals surface area (Å²) in [6, 6.07) is 13.9. The minimum absolute atomic E-state index is 0.0440. The van der Waals surface area contributed by atoms with E-state index in [0.717, 1.165) is 55.7 Å². The average Bonchev–Trinajstić information content (AvgIpc) is 2.82. The molecule has 0 saturated carbocycles. The van der Waals surface area contributed by atoms with Gasteiger partial charge in [0.05, 0.1) is 25.8 Å². The molecular formula is C23H30ClN5O2. The standard InChI is InChI=1S/C23H30ClN5O2/c24-20-6-2-1-5-19(20)21(28-13-15-31-16-14-28)17-26-23(30)18-27-9-11-29(12-10-27)22-7-3-4-8-25-22/h1-8,21H,9-18H2,(H,26,30). The third-order valence-corrected chi connectivity index (χ3v) is 6.30. The zero-order valence-corrected chi connectivity index (χ0v) is 18.5. The molecule has 0 radical (unpaired) electrons. The summed E-state index contributed by atoms with van der Waals surface area (Å²) in [7, 11) is 0. The first-order valence-electron chi connectivity index (χ1n) is 10.9. The van der Waals surface area contributed by atoms with E-state index in [1.807, 2.05) is 48.7 Å². The summed E-state index contributed by atoms with van der Waals surface area (Å²) in [6.07, 6.45) is 1.82. The number of pyridine rings is 1. The van der Waals surface area contributed by atoms with Crippen molar-refractivity contribution in [3.8, 4) is 0 Å². The number of halogens is 1. The van der Waals surface area contributed by atoms with Crippen LogP contribution in [0.3, 0.4) is 0 Å². The molecule has 0 spiro atoms. The van der Waals surface area contributed by atoms with Crippen molar-refractivity contribution >= 4 is 23.3 Å². The third-order valence-electron chi connectivity index (χ3n) is 5.96. The Bertz CT molecular complexity index is 839. The summed E-state index contributed by atoms with van der Waals surface area (Å²) in [5.41, 5.74) is 1.05. The molecule has 2 fully saturated rings. The van der Waals surface area contributed by atoms with Crippen LogP contribution in [0.2, 0.25) is 5.02 Å². The minimum atomic E-state index is 0.0440. The molecule has 2 aromatic rings. The maximum Gasteiger partial charge on any atom is 0.234 e. The normalized spacial score (nSPS) is 19.2. The molecule has 4 rings (SSSR count). The number of ether oxygens (including phenoxy) is 1. The minimum Gasteiger partial charge on any atom is -0.379 e. The molecule has 2 aliphatic rings. The highest BCUT2D eigenvalue weighted by Gasteiger charge is 2.25. The molecule has 1 aromatic carbocycles. The average molecular weight is 444 g/mol. The molecule has 2 saturated heterocycles. The van der Waals surface area contributed by atoms with Crippen molar-refractivity contribution in [2.45, 2.75) is 6.04 Å². The monoisotopic (exact) mass is 443 g/mol. The van der Waals surface area contributed by atoms with Gasteiger partial charge in [0.1, 0.15) is 5.82 Å². The van der Waals surface area contributed by atoms with E-state index < -0.39 is 0 Å². The van der Waals surface area contributed by atoms with E-state index in [1.165, 1.54) is 0 Å². The molecule has 8 heteroatoms. The molecular weight excluding hydrogens is 414 g/mol. The summed E-state index contributed by atoms with van der Waals surface area (Å²) < 4.78 is 5.51. The quantitative estimate of drug-likeness (QED) is 0.706. The van der Waals surface area contributed by atoms with E-state index in [4.69, 9.17) is 16.3 Å². The van der Waals surface area contributed by atoms with Crippen molar-refractivity contribution in [2.24, 2.45) is 0 Å². The van der Waals surface area contributed by atoms with E-state index in [2.05, 4.69) is 25.0 Å². The number of amides is 1. The van der Waals surface area contributed by atoms with Gasteiger partial charge in [0, 0.05) is 57.0 Å². The van der Waals surface area contributed by atoms with Gasteiger partial charge in [0.2, 0.25) is 5.91 Å². The summed E-state index contributed by atoms with van der Waals surface area (Å²) in [6.45, 7) is 7.47. The van der Waals surface area contributed by atoms with Crippen molar-refractivity contribution in [2.75, 3.05) is 70.5 Å². The van der Waals surface area contributed by atoms with Gasteiger partial charge in [-0.1, -0.05) is 35.9 Å². The lowest BCUT2D eigenvalue weighted by molar-refractivity contribution is -0.122. The van der Waals surface area contributed by atoms with Gasteiger partial charge in [-0.2, -0.15) is 0 Å². The van der Waals surface area contributed by atoms with Gasteiger partial charge >= 0.3 is 0 Å². The molecule has 1 N–H and O–H groups in total. The Morgan fingerprint density at radius 1 is 1.03 bits per heavy atom. The maximum atomic E-state index is 12.7. The molecule has 1 amide bonds. The van der Waals surface area contributed by atoms with Crippen molar-refractivity contribution in [1.82, 2.24) is 20.1 Å². The first kappa shape index (κ1) is 22.0. The molecule has 2 aliphatic heterocycles.